The number of nitriles is 1. The predicted octanol–water partition coefficient (Wildman–Crippen LogP) is 4.25. The summed E-state index contributed by atoms with van der Waals surface area (Å²) >= 11 is 1.29. The highest BCUT2D eigenvalue weighted by Gasteiger charge is 2.26. The molecule has 8 heteroatoms. The third-order valence-corrected chi connectivity index (χ3v) is 5.21. The number of anilines is 2. The molecular formula is C23H22N4O3S. The summed E-state index contributed by atoms with van der Waals surface area (Å²) in [6, 6.07) is 20.9. The van der Waals surface area contributed by atoms with E-state index in [0.717, 1.165) is 5.56 Å². The molecule has 0 aliphatic rings. The molecule has 1 atom stereocenters. The van der Waals surface area contributed by atoms with Crippen molar-refractivity contribution in [2.24, 2.45) is 0 Å². The largest absolute Gasteiger partial charge is 0.448 e. The molecule has 0 bridgehead atoms. The van der Waals surface area contributed by atoms with E-state index in [1.165, 1.54) is 23.2 Å². The molecule has 3 aromatic rings. The fraction of sp³-hybridized carbons (Fsp3) is 0.217. The van der Waals surface area contributed by atoms with Crippen LogP contribution in [0, 0.1) is 11.3 Å². The lowest BCUT2D eigenvalue weighted by Crippen LogP contribution is -2.40. The summed E-state index contributed by atoms with van der Waals surface area (Å²) in [6.45, 7) is 2.32. The number of aromatic nitrogens is 1. The second-order valence-corrected chi connectivity index (χ2v) is 7.52. The number of amides is 1. The number of hydrogen-bond acceptors (Lipinski definition) is 7. The summed E-state index contributed by atoms with van der Waals surface area (Å²) in [5, 5.41) is 14.3. The van der Waals surface area contributed by atoms with Crippen molar-refractivity contribution in [2.75, 3.05) is 16.8 Å². The van der Waals surface area contributed by atoms with Crippen molar-refractivity contribution in [3.8, 4) is 6.07 Å². The third kappa shape index (κ3) is 6.14. The zero-order valence-electron chi connectivity index (χ0n) is 17.0. The normalized spacial score (nSPS) is 11.2. The Bertz CT molecular complexity index is 1050. The number of nitrogens with one attached hydrogen (secondary N) is 1. The lowest BCUT2D eigenvalue weighted by atomic mass is 10.2. The molecule has 7 nitrogen and oxygen atoms in total. The van der Waals surface area contributed by atoms with Crippen molar-refractivity contribution in [1.29, 1.82) is 5.26 Å². The Hall–Kier alpha value is -3.70. The van der Waals surface area contributed by atoms with Crippen molar-refractivity contribution in [2.45, 2.75) is 26.0 Å². The zero-order chi connectivity index (χ0) is 22.1. The van der Waals surface area contributed by atoms with E-state index in [9.17, 15) is 9.59 Å². The van der Waals surface area contributed by atoms with Crippen LogP contribution >= 0.6 is 11.3 Å². The van der Waals surface area contributed by atoms with Crippen LogP contribution in [0.15, 0.2) is 66.0 Å². The number of carbonyl (C=O) groups is 2. The van der Waals surface area contributed by atoms with Crippen molar-refractivity contribution < 1.29 is 14.3 Å². The van der Waals surface area contributed by atoms with Gasteiger partial charge in [0.1, 0.15) is 0 Å². The Morgan fingerprint density at radius 2 is 1.84 bits per heavy atom. The van der Waals surface area contributed by atoms with E-state index in [0.29, 0.717) is 17.4 Å². The van der Waals surface area contributed by atoms with E-state index in [2.05, 4.69) is 10.3 Å². The van der Waals surface area contributed by atoms with Crippen molar-refractivity contribution in [3.63, 3.8) is 0 Å². The Morgan fingerprint density at radius 1 is 1.16 bits per heavy atom. The number of rotatable bonds is 9. The van der Waals surface area contributed by atoms with Crippen molar-refractivity contribution >= 4 is 34.0 Å². The van der Waals surface area contributed by atoms with Gasteiger partial charge in [-0.05, 0) is 24.6 Å². The minimum atomic E-state index is -1.02. The lowest BCUT2D eigenvalue weighted by molar-refractivity contribution is -0.126. The van der Waals surface area contributed by atoms with Crippen LogP contribution < -0.4 is 10.2 Å². The van der Waals surface area contributed by atoms with Gasteiger partial charge in [0.25, 0.3) is 5.91 Å². The minimum Gasteiger partial charge on any atom is -0.448 e. The summed E-state index contributed by atoms with van der Waals surface area (Å²) < 4.78 is 5.36. The molecule has 2 aromatic carbocycles. The van der Waals surface area contributed by atoms with Crippen LogP contribution in [0.3, 0.4) is 0 Å². The number of para-hydroxylation sites is 1. The Morgan fingerprint density at radius 3 is 2.52 bits per heavy atom. The molecule has 0 fully saturated rings. The third-order valence-electron chi connectivity index (χ3n) is 4.41. The molecule has 1 aromatic heterocycles. The van der Waals surface area contributed by atoms with Crippen LogP contribution in [0.5, 0.6) is 0 Å². The van der Waals surface area contributed by atoms with Gasteiger partial charge in [-0.2, -0.15) is 5.26 Å². The highest BCUT2D eigenvalue weighted by Crippen LogP contribution is 2.19. The predicted molar refractivity (Wildman–Crippen MR) is 120 cm³/mol. The van der Waals surface area contributed by atoms with Gasteiger partial charge in [0.05, 0.1) is 12.5 Å². The maximum atomic E-state index is 12.9. The van der Waals surface area contributed by atoms with Gasteiger partial charge < -0.3 is 15.0 Å². The molecule has 1 N–H and O–H groups in total. The SMILES string of the molecule is CC(OC(=O)c1csc(NCc2ccccc2)n1)C(=O)N(CCC#N)c1ccccc1. The summed E-state index contributed by atoms with van der Waals surface area (Å²) in [5.74, 6) is -1.06. The van der Waals surface area contributed by atoms with E-state index < -0.39 is 18.0 Å². The molecular weight excluding hydrogens is 412 g/mol. The van der Waals surface area contributed by atoms with E-state index in [1.54, 1.807) is 29.6 Å². The average Bonchev–Trinajstić information content (AvgIpc) is 3.28. The van der Waals surface area contributed by atoms with E-state index in [1.807, 2.05) is 42.5 Å². The second-order valence-electron chi connectivity index (χ2n) is 6.66. The number of thiazole rings is 1. The van der Waals surface area contributed by atoms with Gasteiger partial charge in [0.2, 0.25) is 0 Å². The lowest BCUT2D eigenvalue weighted by Gasteiger charge is -2.24. The van der Waals surface area contributed by atoms with Crippen LogP contribution in [0.2, 0.25) is 0 Å². The molecule has 1 unspecified atom stereocenters. The summed E-state index contributed by atoms with van der Waals surface area (Å²) in [5.41, 5.74) is 1.88. The molecule has 158 valence electrons. The number of nitrogens with zero attached hydrogens (tertiary/aromatic N) is 3. The van der Waals surface area contributed by atoms with E-state index in [4.69, 9.17) is 10.00 Å². The number of esters is 1. The number of benzene rings is 2. The van der Waals surface area contributed by atoms with Gasteiger partial charge in [-0.25, -0.2) is 9.78 Å². The van der Waals surface area contributed by atoms with Crippen molar-refractivity contribution in [3.05, 3.63) is 77.3 Å². The smallest absolute Gasteiger partial charge is 0.358 e. The number of hydrogen-bond donors (Lipinski definition) is 1. The van der Waals surface area contributed by atoms with Gasteiger partial charge >= 0.3 is 5.97 Å². The van der Waals surface area contributed by atoms with E-state index in [-0.39, 0.29) is 18.7 Å². The van der Waals surface area contributed by atoms with Gasteiger partial charge in [-0.1, -0.05) is 48.5 Å². The van der Waals surface area contributed by atoms with Crippen LogP contribution in [0.1, 0.15) is 29.4 Å². The molecule has 3 rings (SSSR count). The molecule has 0 aliphatic heterocycles. The van der Waals surface area contributed by atoms with Gasteiger partial charge in [0, 0.05) is 24.2 Å². The molecule has 0 aliphatic carbocycles. The first kappa shape index (κ1) is 22.0. The van der Waals surface area contributed by atoms with Gasteiger partial charge in [0.15, 0.2) is 16.9 Å². The molecule has 0 saturated heterocycles. The van der Waals surface area contributed by atoms with Gasteiger partial charge in [-0.3, -0.25) is 4.79 Å². The Labute approximate surface area is 184 Å². The topological polar surface area (TPSA) is 95.3 Å². The molecule has 0 radical (unpaired) electrons. The molecule has 31 heavy (non-hydrogen) atoms. The molecule has 0 saturated carbocycles. The Kier molecular flexibility index (Phi) is 7.73. The van der Waals surface area contributed by atoms with Crippen LogP contribution in [-0.4, -0.2) is 29.5 Å². The molecule has 1 heterocycles. The highest BCUT2D eigenvalue weighted by molar-refractivity contribution is 7.13. The zero-order valence-corrected chi connectivity index (χ0v) is 17.8. The average molecular weight is 435 g/mol. The maximum absolute atomic E-state index is 12.9. The second kappa shape index (κ2) is 10.9. The number of ether oxygens (including phenoxy) is 1. The summed E-state index contributed by atoms with van der Waals surface area (Å²) in [4.78, 5) is 31.1. The van der Waals surface area contributed by atoms with Crippen LogP contribution in [-0.2, 0) is 16.1 Å². The van der Waals surface area contributed by atoms with Crippen LogP contribution in [0.4, 0.5) is 10.8 Å². The fourth-order valence-corrected chi connectivity index (χ4v) is 3.53. The first-order valence-electron chi connectivity index (χ1n) is 9.76. The number of carbonyl (C=O) groups excluding carboxylic acids is 2. The molecule has 1 amide bonds. The van der Waals surface area contributed by atoms with Crippen molar-refractivity contribution in [1.82, 2.24) is 4.98 Å². The first-order chi connectivity index (χ1) is 15.1. The molecule has 0 spiro atoms. The summed E-state index contributed by atoms with van der Waals surface area (Å²) in [6.07, 6.45) is -0.849. The summed E-state index contributed by atoms with van der Waals surface area (Å²) in [7, 11) is 0. The fourth-order valence-electron chi connectivity index (χ4n) is 2.85. The highest BCUT2D eigenvalue weighted by atomic mass is 32.1. The van der Waals surface area contributed by atoms with E-state index >= 15 is 0 Å². The quantitative estimate of drug-likeness (QED) is 0.506. The Balaban J connectivity index is 1.60. The minimum absolute atomic E-state index is 0.142. The van der Waals surface area contributed by atoms with Gasteiger partial charge in [-0.15, -0.1) is 11.3 Å². The maximum Gasteiger partial charge on any atom is 0.358 e. The first-order valence-corrected chi connectivity index (χ1v) is 10.6. The standard InChI is InChI=1S/C23H22N4O3S/c1-17(21(28)27(14-8-13-24)19-11-6-3-7-12-19)30-22(29)20-16-31-23(26-20)25-15-18-9-4-2-5-10-18/h2-7,9-12,16-17H,8,14-15H2,1H3,(H,25,26). The monoisotopic (exact) mass is 434 g/mol. The van der Waals surface area contributed by atoms with Crippen LogP contribution in [0.25, 0.3) is 0 Å².